The zero-order valence-corrected chi connectivity index (χ0v) is 11.6. The van der Waals surface area contributed by atoms with Gasteiger partial charge in [0, 0.05) is 24.4 Å². The number of nitrogens with one attached hydrogen (secondary N) is 1. The standard InChI is InChI=1S/C15H15ClN2O/c1-11-7-9-13(10-8-11)17-14-5-3-4-6-15(14)18(16)12(2)19/h3-10,17H,1-2H3. The number of hydrogen-bond donors (Lipinski definition) is 1. The number of carbonyl (C=O) groups excluding carboxylic acids is 1. The van der Waals surface area contributed by atoms with E-state index < -0.39 is 0 Å². The Morgan fingerprint density at radius 2 is 1.74 bits per heavy atom. The van der Waals surface area contributed by atoms with Crippen LogP contribution in [-0.2, 0) is 4.79 Å². The summed E-state index contributed by atoms with van der Waals surface area (Å²) in [6.07, 6.45) is 0. The highest BCUT2D eigenvalue weighted by Gasteiger charge is 2.12. The van der Waals surface area contributed by atoms with Crippen LogP contribution in [0.2, 0.25) is 0 Å². The molecule has 4 heteroatoms. The maximum absolute atomic E-state index is 11.4. The third-order valence-corrected chi connectivity index (χ3v) is 3.14. The molecular formula is C15H15ClN2O. The normalized spacial score (nSPS) is 10.1. The van der Waals surface area contributed by atoms with Gasteiger partial charge in [-0.1, -0.05) is 29.8 Å². The molecule has 2 aromatic rings. The number of carbonyl (C=O) groups is 1. The second-order valence-electron chi connectivity index (χ2n) is 4.31. The molecule has 0 heterocycles. The number of rotatable bonds is 3. The van der Waals surface area contributed by atoms with E-state index in [1.807, 2.05) is 49.4 Å². The molecule has 2 rings (SSSR count). The fourth-order valence-electron chi connectivity index (χ4n) is 1.71. The highest BCUT2D eigenvalue weighted by Crippen LogP contribution is 2.30. The molecule has 0 unspecified atom stereocenters. The van der Waals surface area contributed by atoms with Gasteiger partial charge in [-0.05, 0) is 31.2 Å². The van der Waals surface area contributed by atoms with Gasteiger partial charge in [-0.3, -0.25) is 4.79 Å². The van der Waals surface area contributed by atoms with Crippen LogP contribution in [0.5, 0.6) is 0 Å². The van der Waals surface area contributed by atoms with Gasteiger partial charge in [-0.15, -0.1) is 0 Å². The smallest absolute Gasteiger partial charge is 0.238 e. The molecule has 1 N–H and O–H groups in total. The monoisotopic (exact) mass is 274 g/mol. The van der Waals surface area contributed by atoms with Crippen LogP contribution in [-0.4, -0.2) is 5.91 Å². The minimum atomic E-state index is -0.222. The Hall–Kier alpha value is -2.00. The average molecular weight is 275 g/mol. The Kier molecular flexibility index (Phi) is 4.07. The molecule has 3 nitrogen and oxygen atoms in total. The maximum atomic E-state index is 11.4. The van der Waals surface area contributed by atoms with E-state index in [0.717, 1.165) is 15.8 Å². The first-order chi connectivity index (χ1) is 9.08. The van der Waals surface area contributed by atoms with Crippen LogP contribution in [0.15, 0.2) is 48.5 Å². The fraction of sp³-hybridized carbons (Fsp3) is 0.133. The summed E-state index contributed by atoms with van der Waals surface area (Å²) in [7, 11) is 0. The molecule has 0 fully saturated rings. The van der Waals surface area contributed by atoms with Gasteiger partial charge < -0.3 is 5.32 Å². The summed E-state index contributed by atoms with van der Waals surface area (Å²) < 4.78 is 1.11. The van der Waals surface area contributed by atoms with E-state index in [4.69, 9.17) is 11.8 Å². The molecule has 0 aliphatic carbocycles. The molecule has 1 amide bonds. The Bertz CT molecular complexity index is 581. The zero-order chi connectivity index (χ0) is 13.8. The van der Waals surface area contributed by atoms with Gasteiger partial charge in [-0.25, -0.2) is 4.42 Å². The van der Waals surface area contributed by atoms with E-state index >= 15 is 0 Å². The van der Waals surface area contributed by atoms with E-state index in [1.54, 1.807) is 6.07 Å². The average Bonchev–Trinajstić information content (AvgIpc) is 2.41. The summed E-state index contributed by atoms with van der Waals surface area (Å²) >= 11 is 5.98. The second-order valence-corrected chi connectivity index (χ2v) is 4.65. The van der Waals surface area contributed by atoms with Crippen LogP contribution in [0.25, 0.3) is 0 Å². The topological polar surface area (TPSA) is 32.3 Å². The summed E-state index contributed by atoms with van der Waals surface area (Å²) in [4.78, 5) is 11.4. The number of amides is 1. The molecule has 0 radical (unpaired) electrons. The summed E-state index contributed by atoms with van der Waals surface area (Å²) in [5, 5.41) is 3.26. The van der Waals surface area contributed by atoms with Crippen LogP contribution >= 0.6 is 11.8 Å². The van der Waals surface area contributed by atoms with E-state index in [2.05, 4.69) is 5.32 Å². The first-order valence-corrected chi connectivity index (χ1v) is 6.31. The van der Waals surface area contributed by atoms with Gasteiger partial charge in [0.1, 0.15) is 0 Å². The lowest BCUT2D eigenvalue weighted by Crippen LogP contribution is -2.17. The Morgan fingerprint density at radius 3 is 2.37 bits per heavy atom. The van der Waals surface area contributed by atoms with E-state index in [0.29, 0.717) is 5.69 Å². The third kappa shape index (κ3) is 3.26. The molecule has 0 aromatic heterocycles. The fourth-order valence-corrected chi connectivity index (χ4v) is 1.86. The van der Waals surface area contributed by atoms with Gasteiger partial charge in [-0.2, -0.15) is 0 Å². The molecule has 19 heavy (non-hydrogen) atoms. The van der Waals surface area contributed by atoms with Crippen molar-refractivity contribution >= 4 is 34.7 Å². The molecular weight excluding hydrogens is 260 g/mol. The van der Waals surface area contributed by atoms with E-state index in [-0.39, 0.29) is 5.91 Å². The van der Waals surface area contributed by atoms with Gasteiger partial charge in [0.15, 0.2) is 0 Å². The van der Waals surface area contributed by atoms with Crippen molar-refractivity contribution in [2.24, 2.45) is 0 Å². The van der Waals surface area contributed by atoms with Crippen molar-refractivity contribution in [3.8, 4) is 0 Å². The number of aryl methyl sites for hydroxylation is 1. The van der Waals surface area contributed by atoms with Crippen LogP contribution in [0.3, 0.4) is 0 Å². The minimum absolute atomic E-state index is 0.222. The predicted octanol–water partition coefficient (Wildman–Crippen LogP) is 4.25. The predicted molar refractivity (Wildman–Crippen MR) is 79.9 cm³/mol. The molecule has 2 aromatic carbocycles. The summed E-state index contributed by atoms with van der Waals surface area (Å²) in [5.41, 5.74) is 3.57. The summed E-state index contributed by atoms with van der Waals surface area (Å²) in [6, 6.07) is 15.4. The number of halogens is 1. The number of para-hydroxylation sites is 2. The zero-order valence-electron chi connectivity index (χ0n) is 10.9. The lowest BCUT2D eigenvalue weighted by molar-refractivity contribution is -0.115. The van der Waals surface area contributed by atoms with Crippen LogP contribution in [0, 0.1) is 6.92 Å². The molecule has 0 bridgehead atoms. The number of nitrogens with zero attached hydrogens (tertiary/aromatic N) is 1. The van der Waals surface area contributed by atoms with Crippen molar-refractivity contribution < 1.29 is 4.79 Å². The van der Waals surface area contributed by atoms with Gasteiger partial charge >= 0.3 is 0 Å². The number of hydrogen-bond acceptors (Lipinski definition) is 2. The lowest BCUT2D eigenvalue weighted by atomic mass is 10.2. The quantitative estimate of drug-likeness (QED) is 0.849. The van der Waals surface area contributed by atoms with E-state index in [1.165, 1.54) is 12.5 Å². The number of anilines is 3. The van der Waals surface area contributed by atoms with Crippen LogP contribution < -0.4 is 9.74 Å². The second kappa shape index (κ2) is 5.76. The minimum Gasteiger partial charge on any atom is -0.354 e. The summed E-state index contributed by atoms with van der Waals surface area (Å²) in [6.45, 7) is 3.46. The highest BCUT2D eigenvalue weighted by molar-refractivity contribution is 6.37. The highest BCUT2D eigenvalue weighted by atomic mass is 35.5. The first-order valence-electron chi connectivity index (χ1n) is 5.97. The summed E-state index contributed by atoms with van der Waals surface area (Å²) in [5.74, 6) is -0.222. The van der Waals surface area contributed by atoms with Crippen LogP contribution in [0.1, 0.15) is 12.5 Å². The van der Waals surface area contributed by atoms with Crippen molar-refractivity contribution in [2.45, 2.75) is 13.8 Å². The van der Waals surface area contributed by atoms with Gasteiger partial charge in [0.2, 0.25) is 5.91 Å². The Labute approximate surface area is 117 Å². The van der Waals surface area contributed by atoms with Crippen molar-refractivity contribution in [3.63, 3.8) is 0 Å². The van der Waals surface area contributed by atoms with Gasteiger partial charge in [0.25, 0.3) is 0 Å². The molecule has 0 aliphatic heterocycles. The number of benzene rings is 2. The largest absolute Gasteiger partial charge is 0.354 e. The van der Waals surface area contributed by atoms with Crippen LogP contribution in [0.4, 0.5) is 17.1 Å². The molecule has 98 valence electrons. The Balaban J connectivity index is 2.30. The van der Waals surface area contributed by atoms with Crippen molar-refractivity contribution in [3.05, 3.63) is 54.1 Å². The molecule has 0 saturated heterocycles. The molecule has 0 atom stereocenters. The molecule has 0 aliphatic rings. The lowest BCUT2D eigenvalue weighted by Gasteiger charge is -2.17. The van der Waals surface area contributed by atoms with Gasteiger partial charge in [0.05, 0.1) is 11.4 Å². The third-order valence-electron chi connectivity index (χ3n) is 2.72. The van der Waals surface area contributed by atoms with Crippen molar-refractivity contribution in [1.29, 1.82) is 0 Å². The van der Waals surface area contributed by atoms with Crippen molar-refractivity contribution in [2.75, 3.05) is 9.74 Å². The maximum Gasteiger partial charge on any atom is 0.238 e. The molecule has 0 saturated carbocycles. The van der Waals surface area contributed by atoms with E-state index in [9.17, 15) is 4.79 Å². The molecule has 0 spiro atoms. The SMILES string of the molecule is CC(=O)N(Cl)c1ccccc1Nc1ccc(C)cc1. The van der Waals surface area contributed by atoms with Crippen molar-refractivity contribution in [1.82, 2.24) is 0 Å². The first kappa shape index (κ1) is 13.4. The Morgan fingerprint density at radius 1 is 1.11 bits per heavy atom.